The number of rotatable bonds is 8. The number of carbonyl (C=O) groups excluding carboxylic acids is 1. The molecule has 0 aliphatic heterocycles. The molecule has 1 heterocycles. The highest BCUT2D eigenvalue weighted by Crippen LogP contribution is 2.38. The molecule has 0 saturated carbocycles. The zero-order valence-electron chi connectivity index (χ0n) is 19.7. The van der Waals surface area contributed by atoms with Gasteiger partial charge in [-0.1, -0.05) is 18.2 Å². The Morgan fingerprint density at radius 1 is 0.973 bits per heavy atom. The van der Waals surface area contributed by atoms with E-state index in [4.69, 9.17) is 4.74 Å². The highest BCUT2D eigenvalue weighted by Gasteiger charge is 2.30. The van der Waals surface area contributed by atoms with E-state index in [2.05, 4.69) is 17.2 Å². The molecule has 1 amide bonds. The summed E-state index contributed by atoms with van der Waals surface area (Å²) in [5, 5.41) is 2.78. The summed E-state index contributed by atoms with van der Waals surface area (Å²) in [6.07, 6.45) is -3.14. The van der Waals surface area contributed by atoms with Crippen molar-refractivity contribution in [3.63, 3.8) is 0 Å². The Morgan fingerprint density at radius 3 is 2.46 bits per heavy atom. The molecule has 9 heteroatoms. The summed E-state index contributed by atoms with van der Waals surface area (Å²) in [5.41, 5.74) is 0.677. The van der Waals surface area contributed by atoms with Crippen LogP contribution in [0.3, 0.4) is 0 Å². The van der Waals surface area contributed by atoms with Gasteiger partial charge in [0.15, 0.2) is 4.90 Å². The summed E-state index contributed by atoms with van der Waals surface area (Å²) in [6, 6.07) is 19.7. The number of amides is 1. The van der Waals surface area contributed by atoms with Gasteiger partial charge in [0.2, 0.25) is 11.9 Å². The lowest BCUT2D eigenvalue weighted by atomic mass is 10.1. The standard InChI is InChI=1S/C28H22F4N2O2S/c1-2-37-22-11-8-18(9-12-22)15-26(35)34-20-10-13-23(24-7-4-14-33-27(24)29)25(17-20)36-21-6-3-5-19(16-21)28(30,31)32/h3-14,16-17H,2,15H2,1H3,(H,34,35)/p+1. The van der Waals surface area contributed by atoms with Gasteiger partial charge in [0.25, 0.3) is 0 Å². The van der Waals surface area contributed by atoms with Crippen LogP contribution in [0.25, 0.3) is 11.1 Å². The number of halogens is 4. The first-order chi connectivity index (χ1) is 17.7. The van der Waals surface area contributed by atoms with Crippen molar-refractivity contribution in [2.45, 2.75) is 24.4 Å². The van der Waals surface area contributed by atoms with Gasteiger partial charge < -0.3 is 10.1 Å². The number of thiol groups is 1. The van der Waals surface area contributed by atoms with Crippen LogP contribution in [0.2, 0.25) is 0 Å². The lowest BCUT2D eigenvalue weighted by Crippen LogP contribution is -2.14. The average molecular weight is 528 g/mol. The molecule has 0 radical (unpaired) electrons. The number of nitrogens with one attached hydrogen (secondary N) is 1. The van der Waals surface area contributed by atoms with Gasteiger partial charge in [0, 0.05) is 40.8 Å². The van der Waals surface area contributed by atoms with Gasteiger partial charge in [0.05, 0.1) is 12.0 Å². The molecule has 4 nitrogen and oxygen atoms in total. The van der Waals surface area contributed by atoms with Crippen LogP contribution in [-0.2, 0) is 29.2 Å². The third-order valence-corrected chi connectivity index (χ3v) is 6.33. The minimum absolute atomic E-state index is 0.0620. The quantitative estimate of drug-likeness (QED) is 0.115. The Hall–Kier alpha value is -3.85. The van der Waals surface area contributed by atoms with Crippen molar-refractivity contribution in [1.29, 1.82) is 0 Å². The number of aromatic nitrogens is 1. The number of benzene rings is 3. The maximum atomic E-state index is 14.5. The number of carbonyl (C=O) groups is 1. The van der Waals surface area contributed by atoms with E-state index in [0.717, 1.165) is 23.4 Å². The molecule has 0 spiro atoms. The summed E-state index contributed by atoms with van der Waals surface area (Å²) >= 11 is 1.21. The Labute approximate surface area is 215 Å². The Morgan fingerprint density at radius 2 is 1.76 bits per heavy atom. The van der Waals surface area contributed by atoms with Gasteiger partial charge in [-0.3, -0.25) is 4.79 Å². The van der Waals surface area contributed by atoms with Crippen molar-refractivity contribution in [2.24, 2.45) is 0 Å². The van der Waals surface area contributed by atoms with Crippen molar-refractivity contribution in [3.8, 4) is 22.6 Å². The van der Waals surface area contributed by atoms with Crippen molar-refractivity contribution < 1.29 is 27.1 Å². The van der Waals surface area contributed by atoms with Crippen LogP contribution in [0.4, 0.5) is 23.2 Å². The number of hydrogen-bond donors (Lipinski definition) is 1. The fourth-order valence-corrected chi connectivity index (χ4v) is 4.37. The van der Waals surface area contributed by atoms with Crippen LogP contribution in [0.15, 0.2) is 90.0 Å². The van der Waals surface area contributed by atoms with E-state index >= 15 is 0 Å². The van der Waals surface area contributed by atoms with Crippen LogP contribution in [0.1, 0.15) is 18.1 Å². The minimum Gasteiger partial charge on any atom is -0.457 e. The molecule has 0 aliphatic carbocycles. The lowest BCUT2D eigenvalue weighted by Gasteiger charge is -2.15. The zero-order chi connectivity index (χ0) is 26.4. The molecule has 0 aliphatic rings. The van der Waals surface area contributed by atoms with Gasteiger partial charge >= 0.3 is 6.18 Å². The van der Waals surface area contributed by atoms with E-state index < -0.39 is 17.7 Å². The molecule has 4 aromatic rings. The van der Waals surface area contributed by atoms with Gasteiger partial charge in [-0.05, 0) is 67.1 Å². The number of pyridine rings is 1. The van der Waals surface area contributed by atoms with Gasteiger partial charge in [-0.25, -0.2) is 4.98 Å². The van der Waals surface area contributed by atoms with Crippen LogP contribution >= 0.6 is 0 Å². The third-order valence-electron chi connectivity index (χ3n) is 5.35. The van der Waals surface area contributed by atoms with Crippen LogP contribution in [-0.4, -0.2) is 16.6 Å². The largest absolute Gasteiger partial charge is 0.457 e. The van der Waals surface area contributed by atoms with Crippen molar-refractivity contribution >= 4 is 23.4 Å². The first-order valence-corrected chi connectivity index (χ1v) is 12.5. The monoisotopic (exact) mass is 527 g/mol. The molecule has 0 atom stereocenters. The van der Waals surface area contributed by atoms with E-state index in [1.54, 1.807) is 6.07 Å². The molecule has 1 N–H and O–H groups in total. The summed E-state index contributed by atoms with van der Waals surface area (Å²) in [5.74, 6) is -0.0728. The third kappa shape index (κ3) is 6.89. The fraction of sp³-hybridized carbons (Fsp3) is 0.143. The molecule has 4 rings (SSSR count). The highest BCUT2D eigenvalue weighted by atomic mass is 32.2. The maximum absolute atomic E-state index is 14.5. The Bertz CT molecular complexity index is 1390. The predicted octanol–water partition coefficient (Wildman–Crippen LogP) is 7.07. The average Bonchev–Trinajstić information content (AvgIpc) is 2.86. The van der Waals surface area contributed by atoms with Crippen molar-refractivity contribution in [1.82, 2.24) is 4.98 Å². The Kier molecular flexibility index (Phi) is 8.13. The van der Waals surface area contributed by atoms with E-state index in [0.29, 0.717) is 5.69 Å². The first-order valence-electron chi connectivity index (χ1n) is 11.4. The maximum Gasteiger partial charge on any atom is 0.416 e. The normalized spacial score (nSPS) is 11.3. The molecular weight excluding hydrogens is 504 g/mol. The predicted molar refractivity (Wildman–Crippen MR) is 137 cm³/mol. The van der Waals surface area contributed by atoms with E-state index in [1.807, 2.05) is 24.3 Å². The number of hydrogen-bond acceptors (Lipinski definition) is 3. The second-order valence-electron chi connectivity index (χ2n) is 8.05. The smallest absolute Gasteiger partial charge is 0.416 e. The summed E-state index contributed by atoms with van der Waals surface area (Å²) in [7, 11) is 0. The molecule has 37 heavy (non-hydrogen) atoms. The van der Waals surface area contributed by atoms with Crippen molar-refractivity contribution in [2.75, 3.05) is 11.1 Å². The van der Waals surface area contributed by atoms with E-state index in [1.165, 1.54) is 59.3 Å². The molecule has 3 aromatic carbocycles. The van der Waals surface area contributed by atoms with Crippen molar-refractivity contribution in [3.05, 3.63) is 102 Å². The fourth-order valence-electron chi connectivity index (χ4n) is 3.65. The molecule has 0 unspecified atom stereocenters. The van der Waals surface area contributed by atoms with Crippen LogP contribution in [0.5, 0.6) is 11.5 Å². The molecule has 0 saturated heterocycles. The van der Waals surface area contributed by atoms with Crippen LogP contribution in [0, 0.1) is 5.95 Å². The second-order valence-corrected chi connectivity index (χ2v) is 9.51. The summed E-state index contributed by atoms with van der Waals surface area (Å²) < 4.78 is 59.8. The Balaban J connectivity index is 1.61. The van der Waals surface area contributed by atoms with Gasteiger partial charge in [-0.15, -0.1) is 0 Å². The minimum atomic E-state index is -4.55. The van der Waals surface area contributed by atoms with E-state index in [-0.39, 0.29) is 35.0 Å². The summed E-state index contributed by atoms with van der Waals surface area (Å²) in [6.45, 7) is 2.09. The number of nitrogens with zero attached hydrogens (tertiary/aromatic N) is 1. The first kappa shape index (κ1) is 26.2. The number of anilines is 1. The second kappa shape index (κ2) is 11.5. The number of ether oxygens (including phenoxy) is 1. The molecular formula is C28H23F4N2O2S+. The highest BCUT2D eigenvalue weighted by molar-refractivity contribution is 7.78. The molecule has 1 aromatic heterocycles. The lowest BCUT2D eigenvalue weighted by molar-refractivity contribution is -0.137. The molecule has 0 fully saturated rings. The SMILES string of the molecule is CC[SH+]c1ccc(CC(=O)Nc2ccc(-c3cccnc3F)c(Oc3cccc(C(F)(F)F)c3)c2)cc1. The van der Waals surface area contributed by atoms with Gasteiger partial charge in [0.1, 0.15) is 17.3 Å². The van der Waals surface area contributed by atoms with Gasteiger partial charge in [-0.2, -0.15) is 17.6 Å². The zero-order valence-corrected chi connectivity index (χ0v) is 20.6. The number of alkyl halides is 3. The summed E-state index contributed by atoms with van der Waals surface area (Å²) in [4.78, 5) is 17.5. The molecule has 0 bridgehead atoms. The van der Waals surface area contributed by atoms with Crippen LogP contribution < -0.4 is 10.1 Å². The topological polar surface area (TPSA) is 51.2 Å². The molecule has 190 valence electrons. The van der Waals surface area contributed by atoms with E-state index in [9.17, 15) is 22.4 Å².